The predicted molar refractivity (Wildman–Crippen MR) is 127 cm³/mol. The van der Waals surface area contributed by atoms with Crippen molar-refractivity contribution in [1.29, 1.82) is 0 Å². The average Bonchev–Trinajstić information content (AvgIpc) is 2.82. The standard InChI is InChI=1S/C26H28N4O3/c1-3-28-14-15-30(24(31)18-29-13-7-12-27-26(29)33)23(25(28)32)17-21-9-4-5-11-22(21)20-10-6-8-19(2)16-20/h4-13,16,23H,3,14-15,17-18H2,1-2H3. The molecular weight excluding hydrogens is 416 g/mol. The average molecular weight is 445 g/mol. The molecule has 2 aromatic carbocycles. The molecule has 1 saturated heterocycles. The van der Waals surface area contributed by atoms with Gasteiger partial charge in [-0.15, -0.1) is 0 Å². The minimum absolute atomic E-state index is 0.0605. The van der Waals surface area contributed by atoms with Crippen molar-refractivity contribution in [2.45, 2.75) is 32.9 Å². The van der Waals surface area contributed by atoms with Gasteiger partial charge in [0.1, 0.15) is 12.6 Å². The first kappa shape index (κ1) is 22.5. The fourth-order valence-electron chi connectivity index (χ4n) is 4.39. The van der Waals surface area contributed by atoms with Gasteiger partial charge in [0.05, 0.1) is 0 Å². The van der Waals surface area contributed by atoms with Crippen LogP contribution in [0.15, 0.2) is 71.8 Å². The van der Waals surface area contributed by atoms with Crippen LogP contribution in [0.1, 0.15) is 18.1 Å². The van der Waals surface area contributed by atoms with Gasteiger partial charge in [-0.1, -0.05) is 54.1 Å². The minimum atomic E-state index is -0.621. The summed E-state index contributed by atoms with van der Waals surface area (Å²) < 4.78 is 1.27. The van der Waals surface area contributed by atoms with Crippen LogP contribution in [0.25, 0.3) is 11.1 Å². The lowest BCUT2D eigenvalue weighted by atomic mass is 9.92. The third-order valence-electron chi connectivity index (χ3n) is 6.13. The fourth-order valence-corrected chi connectivity index (χ4v) is 4.39. The van der Waals surface area contributed by atoms with Crippen molar-refractivity contribution in [2.24, 2.45) is 0 Å². The van der Waals surface area contributed by atoms with Crippen LogP contribution in [-0.2, 0) is 22.6 Å². The number of aromatic nitrogens is 2. The Bertz CT molecular complexity index is 1220. The Morgan fingerprint density at radius 1 is 1.06 bits per heavy atom. The predicted octanol–water partition coefficient (Wildman–Crippen LogP) is 2.52. The molecule has 2 heterocycles. The Morgan fingerprint density at radius 2 is 1.88 bits per heavy atom. The van der Waals surface area contributed by atoms with E-state index >= 15 is 0 Å². The van der Waals surface area contributed by atoms with E-state index in [9.17, 15) is 14.4 Å². The summed E-state index contributed by atoms with van der Waals surface area (Å²) in [5.41, 5.74) is 3.83. The Labute approximate surface area is 193 Å². The first-order valence-corrected chi connectivity index (χ1v) is 11.2. The molecule has 0 spiro atoms. The zero-order valence-corrected chi connectivity index (χ0v) is 19.0. The second-order valence-corrected chi connectivity index (χ2v) is 8.28. The molecule has 1 aliphatic heterocycles. The summed E-state index contributed by atoms with van der Waals surface area (Å²) in [6.07, 6.45) is 3.35. The van der Waals surface area contributed by atoms with E-state index < -0.39 is 11.7 Å². The van der Waals surface area contributed by atoms with Crippen LogP contribution < -0.4 is 5.69 Å². The number of likely N-dealkylation sites (N-methyl/N-ethyl adjacent to an activating group) is 1. The van der Waals surface area contributed by atoms with Gasteiger partial charge in [-0.2, -0.15) is 0 Å². The topological polar surface area (TPSA) is 75.5 Å². The van der Waals surface area contributed by atoms with E-state index in [1.54, 1.807) is 22.1 Å². The smallest absolute Gasteiger partial charge is 0.339 e. The molecule has 33 heavy (non-hydrogen) atoms. The van der Waals surface area contributed by atoms with E-state index in [0.717, 1.165) is 22.3 Å². The maximum Gasteiger partial charge on any atom is 0.347 e. The Morgan fingerprint density at radius 3 is 2.64 bits per heavy atom. The quantitative estimate of drug-likeness (QED) is 0.586. The number of aryl methyl sites for hydroxylation is 1. The largest absolute Gasteiger partial charge is 0.347 e. The summed E-state index contributed by atoms with van der Waals surface area (Å²) in [6.45, 7) is 5.38. The molecule has 4 rings (SSSR count). The summed E-state index contributed by atoms with van der Waals surface area (Å²) in [5.74, 6) is -0.318. The van der Waals surface area contributed by atoms with E-state index in [0.29, 0.717) is 26.1 Å². The molecule has 1 aromatic heterocycles. The van der Waals surface area contributed by atoms with Gasteiger partial charge in [-0.3, -0.25) is 14.2 Å². The SMILES string of the molecule is CCN1CCN(C(=O)Cn2cccnc2=O)C(Cc2ccccc2-c2cccc(C)c2)C1=O. The van der Waals surface area contributed by atoms with E-state index in [1.165, 1.54) is 10.8 Å². The van der Waals surface area contributed by atoms with Crippen molar-refractivity contribution in [3.05, 3.63) is 88.6 Å². The van der Waals surface area contributed by atoms with Crippen molar-refractivity contribution in [1.82, 2.24) is 19.4 Å². The molecular formula is C26H28N4O3. The van der Waals surface area contributed by atoms with Crippen LogP contribution in [0.2, 0.25) is 0 Å². The first-order chi connectivity index (χ1) is 16.0. The van der Waals surface area contributed by atoms with Crippen LogP contribution in [0, 0.1) is 6.92 Å². The molecule has 2 amide bonds. The third-order valence-corrected chi connectivity index (χ3v) is 6.13. The maximum absolute atomic E-state index is 13.3. The summed E-state index contributed by atoms with van der Waals surface area (Å²) in [7, 11) is 0. The molecule has 0 aliphatic carbocycles. The number of carbonyl (C=O) groups excluding carboxylic acids is 2. The highest BCUT2D eigenvalue weighted by Gasteiger charge is 2.37. The van der Waals surface area contributed by atoms with E-state index in [2.05, 4.69) is 36.2 Å². The Balaban J connectivity index is 1.66. The molecule has 0 bridgehead atoms. The summed E-state index contributed by atoms with van der Waals surface area (Å²) in [5, 5.41) is 0. The highest BCUT2D eigenvalue weighted by Crippen LogP contribution is 2.27. The summed E-state index contributed by atoms with van der Waals surface area (Å²) in [4.78, 5) is 45.7. The van der Waals surface area contributed by atoms with Crippen molar-refractivity contribution in [3.8, 4) is 11.1 Å². The zero-order chi connectivity index (χ0) is 23.4. The molecule has 0 radical (unpaired) electrons. The van der Waals surface area contributed by atoms with Gasteiger partial charge in [0.15, 0.2) is 0 Å². The van der Waals surface area contributed by atoms with Gasteiger partial charge in [-0.05, 0) is 36.6 Å². The zero-order valence-electron chi connectivity index (χ0n) is 19.0. The number of hydrogen-bond donors (Lipinski definition) is 0. The first-order valence-electron chi connectivity index (χ1n) is 11.2. The lowest BCUT2D eigenvalue weighted by molar-refractivity contribution is -0.151. The van der Waals surface area contributed by atoms with Crippen molar-refractivity contribution in [3.63, 3.8) is 0 Å². The number of rotatable bonds is 6. The second-order valence-electron chi connectivity index (χ2n) is 8.28. The normalized spacial score (nSPS) is 16.2. The van der Waals surface area contributed by atoms with Gasteiger partial charge in [0.25, 0.3) is 0 Å². The van der Waals surface area contributed by atoms with Crippen LogP contribution >= 0.6 is 0 Å². The highest BCUT2D eigenvalue weighted by molar-refractivity contribution is 5.89. The third kappa shape index (κ3) is 4.87. The fraction of sp³-hybridized carbons (Fsp3) is 0.308. The van der Waals surface area contributed by atoms with Crippen molar-refractivity contribution >= 4 is 11.8 Å². The van der Waals surface area contributed by atoms with Crippen LogP contribution in [0.4, 0.5) is 0 Å². The van der Waals surface area contributed by atoms with Crippen LogP contribution in [-0.4, -0.2) is 56.8 Å². The molecule has 7 heteroatoms. The molecule has 1 unspecified atom stereocenters. The van der Waals surface area contributed by atoms with Gasteiger partial charge in [0.2, 0.25) is 11.8 Å². The molecule has 3 aromatic rings. The molecule has 0 saturated carbocycles. The molecule has 1 fully saturated rings. The van der Waals surface area contributed by atoms with Gasteiger partial charge < -0.3 is 9.80 Å². The molecule has 0 N–H and O–H groups in total. The highest BCUT2D eigenvalue weighted by atomic mass is 16.2. The molecule has 1 atom stereocenters. The van der Waals surface area contributed by atoms with Crippen LogP contribution in [0.5, 0.6) is 0 Å². The van der Waals surface area contributed by atoms with Crippen molar-refractivity contribution < 1.29 is 9.59 Å². The van der Waals surface area contributed by atoms with Gasteiger partial charge >= 0.3 is 5.69 Å². The number of benzene rings is 2. The number of carbonyl (C=O) groups is 2. The van der Waals surface area contributed by atoms with Crippen LogP contribution in [0.3, 0.4) is 0 Å². The molecule has 170 valence electrons. The lowest BCUT2D eigenvalue weighted by Gasteiger charge is -2.40. The van der Waals surface area contributed by atoms with E-state index in [1.807, 2.05) is 31.2 Å². The maximum atomic E-state index is 13.3. The number of amides is 2. The number of piperazine rings is 1. The Kier molecular flexibility index (Phi) is 6.68. The monoisotopic (exact) mass is 444 g/mol. The molecule has 7 nitrogen and oxygen atoms in total. The van der Waals surface area contributed by atoms with Gasteiger partial charge in [-0.25, -0.2) is 9.78 Å². The summed E-state index contributed by atoms with van der Waals surface area (Å²) in [6, 6.07) is 17.3. The van der Waals surface area contributed by atoms with E-state index in [4.69, 9.17) is 0 Å². The van der Waals surface area contributed by atoms with Gasteiger partial charge in [0, 0.05) is 38.4 Å². The Hall–Kier alpha value is -3.74. The van der Waals surface area contributed by atoms with Crippen molar-refractivity contribution in [2.75, 3.05) is 19.6 Å². The number of hydrogen-bond acceptors (Lipinski definition) is 4. The summed E-state index contributed by atoms with van der Waals surface area (Å²) >= 11 is 0. The number of nitrogens with zero attached hydrogens (tertiary/aromatic N) is 4. The minimum Gasteiger partial charge on any atom is -0.339 e. The second kappa shape index (κ2) is 9.81. The van der Waals surface area contributed by atoms with E-state index in [-0.39, 0.29) is 18.4 Å². The molecule has 1 aliphatic rings. The lowest BCUT2D eigenvalue weighted by Crippen LogP contribution is -2.60.